The van der Waals surface area contributed by atoms with Crippen LogP contribution in [0.4, 0.5) is 0 Å². The molecule has 3 radical (unpaired) electrons. The Hall–Kier alpha value is -0.0431. The summed E-state index contributed by atoms with van der Waals surface area (Å²) >= 11 is 0. The summed E-state index contributed by atoms with van der Waals surface area (Å²) in [6.07, 6.45) is 2.12. The highest BCUT2D eigenvalue weighted by Crippen LogP contribution is 1.87. The molecule has 33 valence electrons. The Morgan fingerprint density at radius 3 is 2.17 bits per heavy atom. The molecule has 0 unspecified atom stereocenters. The Labute approximate surface area is 42.7 Å². The first-order valence-electron chi connectivity index (χ1n) is 2.05. The van der Waals surface area contributed by atoms with E-state index in [0.717, 1.165) is 6.04 Å². The Morgan fingerprint density at radius 2 is 2.17 bits per heavy atom. The molecular weight excluding hydrogens is 88.1 g/mol. The van der Waals surface area contributed by atoms with Gasteiger partial charge >= 0.3 is 0 Å². The maximum Gasteiger partial charge on any atom is 0.0275 e. The molecule has 0 aliphatic heterocycles. The highest BCUT2D eigenvalue weighted by Gasteiger charge is 1.67. The van der Waals surface area contributed by atoms with Crippen LogP contribution in [0.1, 0.15) is 13.8 Å². The largest absolute Gasteiger partial charge is 0.0893 e. The lowest BCUT2D eigenvalue weighted by atomic mass is 10.3. The van der Waals surface area contributed by atoms with Gasteiger partial charge in [-0.3, -0.25) is 0 Å². The van der Waals surface area contributed by atoms with Crippen molar-refractivity contribution >= 4 is 10.2 Å². The first kappa shape index (κ1) is 5.96. The molecular formula is C5H9Si. The number of hydrogen-bond donors (Lipinski definition) is 0. The Morgan fingerprint density at radius 1 is 1.67 bits per heavy atom. The third-order valence-corrected chi connectivity index (χ3v) is 0.714. The van der Waals surface area contributed by atoms with Crippen molar-refractivity contribution in [2.45, 2.75) is 19.9 Å². The summed E-state index contributed by atoms with van der Waals surface area (Å²) in [5.74, 6) is 0. The van der Waals surface area contributed by atoms with Crippen LogP contribution in [0, 0.1) is 0 Å². The van der Waals surface area contributed by atoms with Crippen LogP contribution in [0.5, 0.6) is 0 Å². The highest BCUT2D eigenvalue weighted by atomic mass is 28.1. The van der Waals surface area contributed by atoms with E-state index in [1.807, 2.05) is 0 Å². The van der Waals surface area contributed by atoms with Crippen molar-refractivity contribution in [1.29, 1.82) is 0 Å². The summed E-state index contributed by atoms with van der Waals surface area (Å²) in [5, 5.41) is 0. The van der Waals surface area contributed by atoms with E-state index in [-0.39, 0.29) is 0 Å². The smallest absolute Gasteiger partial charge is 0.0275 e. The lowest BCUT2D eigenvalue weighted by Crippen LogP contribution is -1.61. The zero-order chi connectivity index (χ0) is 4.99. The Balaban J connectivity index is 3.14. The van der Waals surface area contributed by atoms with Gasteiger partial charge in [0.2, 0.25) is 0 Å². The average Bonchev–Trinajstić information content (AvgIpc) is 1.35. The monoisotopic (exact) mass is 97.0 g/mol. The SMILES string of the molecule is CC(C)=CC[Si]. The van der Waals surface area contributed by atoms with Crippen LogP contribution in [0.25, 0.3) is 0 Å². The molecule has 0 aliphatic rings. The second-order valence-corrected chi connectivity index (χ2v) is 1.89. The van der Waals surface area contributed by atoms with Gasteiger partial charge in [0.05, 0.1) is 0 Å². The molecule has 0 rings (SSSR count). The van der Waals surface area contributed by atoms with Crippen molar-refractivity contribution in [3.05, 3.63) is 11.6 Å². The van der Waals surface area contributed by atoms with Gasteiger partial charge in [-0.15, -0.1) is 0 Å². The van der Waals surface area contributed by atoms with Crippen molar-refractivity contribution in [3.8, 4) is 0 Å². The quantitative estimate of drug-likeness (QED) is 0.344. The first-order chi connectivity index (χ1) is 2.77. The van der Waals surface area contributed by atoms with Crippen molar-refractivity contribution < 1.29 is 0 Å². The molecule has 0 aliphatic carbocycles. The molecule has 0 saturated carbocycles. The third-order valence-electron chi connectivity index (χ3n) is 0.510. The lowest BCUT2D eigenvalue weighted by Gasteiger charge is -1.79. The standard InChI is InChI=1S/C5H9Si/c1-5(2)3-4-6/h3H,4H2,1-2H3. The summed E-state index contributed by atoms with van der Waals surface area (Å²) in [5.41, 5.74) is 1.37. The van der Waals surface area contributed by atoms with Crippen molar-refractivity contribution in [1.82, 2.24) is 0 Å². The topological polar surface area (TPSA) is 0 Å². The van der Waals surface area contributed by atoms with Gasteiger partial charge in [0.1, 0.15) is 0 Å². The fourth-order valence-corrected chi connectivity index (χ4v) is 0.612. The van der Waals surface area contributed by atoms with Gasteiger partial charge in [-0.1, -0.05) is 11.6 Å². The van der Waals surface area contributed by atoms with Crippen LogP contribution in [0.15, 0.2) is 11.6 Å². The van der Waals surface area contributed by atoms with Gasteiger partial charge in [-0.2, -0.15) is 0 Å². The zero-order valence-corrected chi connectivity index (χ0v) is 5.28. The predicted molar refractivity (Wildman–Crippen MR) is 30.0 cm³/mol. The van der Waals surface area contributed by atoms with Gasteiger partial charge in [-0.05, 0) is 19.9 Å². The second-order valence-electron chi connectivity index (χ2n) is 1.49. The molecule has 0 amide bonds. The minimum absolute atomic E-state index is 0.975. The van der Waals surface area contributed by atoms with E-state index in [1.165, 1.54) is 5.57 Å². The molecule has 0 spiro atoms. The van der Waals surface area contributed by atoms with Gasteiger partial charge in [0.15, 0.2) is 0 Å². The maximum absolute atomic E-state index is 3.32. The third kappa shape index (κ3) is 3.96. The molecule has 0 N–H and O–H groups in total. The summed E-state index contributed by atoms with van der Waals surface area (Å²) < 4.78 is 0. The van der Waals surface area contributed by atoms with E-state index in [0.29, 0.717) is 0 Å². The van der Waals surface area contributed by atoms with E-state index in [4.69, 9.17) is 0 Å². The van der Waals surface area contributed by atoms with Crippen LogP contribution in [0.2, 0.25) is 6.04 Å². The minimum atomic E-state index is 0.975. The highest BCUT2D eigenvalue weighted by molar-refractivity contribution is 6.09. The Kier molecular flexibility index (Phi) is 3.14. The molecule has 0 fully saturated rings. The van der Waals surface area contributed by atoms with Crippen LogP contribution >= 0.6 is 0 Å². The molecule has 0 atom stereocenters. The number of allylic oxidation sites excluding steroid dienone is 2. The van der Waals surface area contributed by atoms with E-state index in [2.05, 4.69) is 30.2 Å². The summed E-state index contributed by atoms with van der Waals surface area (Å²) in [7, 11) is 3.32. The van der Waals surface area contributed by atoms with Gasteiger partial charge in [0, 0.05) is 10.2 Å². The number of hydrogen-bond acceptors (Lipinski definition) is 0. The molecule has 0 aromatic rings. The predicted octanol–water partition coefficient (Wildman–Crippen LogP) is 1.54. The van der Waals surface area contributed by atoms with Crippen LogP contribution < -0.4 is 0 Å². The molecule has 0 aromatic carbocycles. The molecule has 0 saturated heterocycles. The van der Waals surface area contributed by atoms with Crippen LogP contribution in [0.3, 0.4) is 0 Å². The Bertz CT molecular complexity index is 51.0. The van der Waals surface area contributed by atoms with Crippen LogP contribution in [-0.2, 0) is 0 Å². The average molecular weight is 97.2 g/mol. The van der Waals surface area contributed by atoms with Crippen molar-refractivity contribution in [2.24, 2.45) is 0 Å². The molecule has 0 bridgehead atoms. The van der Waals surface area contributed by atoms with E-state index in [1.54, 1.807) is 0 Å². The van der Waals surface area contributed by atoms with Crippen molar-refractivity contribution in [3.63, 3.8) is 0 Å². The lowest BCUT2D eigenvalue weighted by molar-refractivity contribution is 1.36. The second kappa shape index (κ2) is 3.16. The molecule has 0 heterocycles. The van der Waals surface area contributed by atoms with E-state index < -0.39 is 0 Å². The zero-order valence-electron chi connectivity index (χ0n) is 4.28. The fraction of sp³-hybridized carbons (Fsp3) is 0.600. The minimum Gasteiger partial charge on any atom is -0.0893 e. The van der Waals surface area contributed by atoms with E-state index in [9.17, 15) is 0 Å². The van der Waals surface area contributed by atoms with Crippen molar-refractivity contribution in [2.75, 3.05) is 0 Å². The number of rotatable bonds is 1. The summed E-state index contributed by atoms with van der Waals surface area (Å²) in [6, 6.07) is 0.975. The molecule has 0 nitrogen and oxygen atoms in total. The molecule has 1 heteroatoms. The molecule has 6 heavy (non-hydrogen) atoms. The van der Waals surface area contributed by atoms with Gasteiger partial charge < -0.3 is 0 Å². The molecule has 0 aromatic heterocycles. The van der Waals surface area contributed by atoms with Gasteiger partial charge in [0.25, 0.3) is 0 Å². The normalized spacial score (nSPS) is 7.83. The van der Waals surface area contributed by atoms with Crippen LogP contribution in [-0.4, -0.2) is 10.2 Å². The summed E-state index contributed by atoms with van der Waals surface area (Å²) in [4.78, 5) is 0. The fourth-order valence-electron chi connectivity index (χ4n) is 0.204. The summed E-state index contributed by atoms with van der Waals surface area (Å²) in [6.45, 7) is 4.17. The van der Waals surface area contributed by atoms with Gasteiger partial charge in [-0.25, -0.2) is 0 Å². The van der Waals surface area contributed by atoms with E-state index >= 15 is 0 Å². The first-order valence-corrected chi connectivity index (χ1v) is 2.76. The maximum atomic E-state index is 3.32.